The number of fused-ring (bicyclic) bond motifs is 3. The number of hydrogen-bond donors (Lipinski definition) is 1. The number of thiophene rings is 1. The average Bonchev–Trinajstić information content (AvgIpc) is 3.12. The maximum atomic E-state index is 12.8. The molecule has 2 aliphatic rings. The van der Waals surface area contributed by atoms with Crippen molar-refractivity contribution in [3.63, 3.8) is 0 Å². The zero-order chi connectivity index (χ0) is 13.9. The molecule has 2 N–H and O–H groups in total. The number of nitrogens with two attached hydrogens (primary N) is 1. The Labute approximate surface area is 129 Å². The summed E-state index contributed by atoms with van der Waals surface area (Å²) in [5, 5.41) is 0.977. The van der Waals surface area contributed by atoms with Crippen molar-refractivity contribution in [2.45, 2.75) is 25.3 Å². The van der Waals surface area contributed by atoms with E-state index in [1.807, 2.05) is 23.1 Å². The summed E-state index contributed by atoms with van der Waals surface area (Å²) in [7, 11) is 0. The third-order valence-electron chi connectivity index (χ3n) is 4.57. The average molecular weight is 351 g/mol. The van der Waals surface area contributed by atoms with Gasteiger partial charge in [0.1, 0.15) is 4.88 Å². The van der Waals surface area contributed by atoms with Gasteiger partial charge in [0.25, 0.3) is 5.91 Å². The fourth-order valence-electron chi connectivity index (χ4n) is 3.59. The van der Waals surface area contributed by atoms with Crippen LogP contribution >= 0.6 is 27.3 Å². The molecule has 1 aromatic carbocycles. The molecule has 1 saturated heterocycles. The van der Waals surface area contributed by atoms with Gasteiger partial charge in [-0.1, -0.05) is 22.0 Å². The standard InChI is InChI=1S/C15H15BrN2OS/c16-10-2-1-3-11-12(10)13(17)14(20-11)15(19)18-7-8-4-5-9(18)6-8/h1-3,8-9H,4-7,17H2. The molecule has 5 heteroatoms. The molecule has 1 aromatic heterocycles. The first kappa shape index (κ1) is 12.7. The van der Waals surface area contributed by atoms with Gasteiger partial charge in [0, 0.05) is 27.1 Å². The van der Waals surface area contributed by atoms with Gasteiger partial charge in [0.2, 0.25) is 0 Å². The Morgan fingerprint density at radius 3 is 2.90 bits per heavy atom. The van der Waals surface area contributed by atoms with Crippen molar-refractivity contribution in [3.05, 3.63) is 27.5 Å². The predicted molar refractivity (Wildman–Crippen MR) is 86.1 cm³/mol. The molecule has 2 fully saturated rings. The van der Waals surface area contributed by atoms with Crippen LogP contribution in [0, 0.1) is 5.92 Å². The summed E-state index contributed by atoms with van der Waals surface area (Å²) < 4.78 is 2.04. The molecular formula is C15H15BrN2OS. The highest BCUT2D eigenvalue weighted by Crippen LogP contribution is 2.42. The van der Waals surface area contributed by atoms with Crippen LogP contribution < -0.4 is 5.73 Å². The maximum absolute atomic E-state index is 12.8. The summed E-state index contributed by atoms with van der Waals surface area (Å²) in [6.45, 7) is 0.915. The zero-order valence-corrected chi connectivity index (χ0v) is 13.3. The summed E-state index contributed by atoms with van der Waals surface area (Å²) in [6, 6.07) is 6.42. The molecule has 2 bridgehead atoms. The SMILES string of the molecule is Nc1c(C(=O)N2CC3CCC2C3)sc2cccc(Br)c12. The Balaban J connectivity index is 1.77. The molecule has 0 spiro atoms. The van der Waals surface area contributed by atoms with Crippen LogP contribution in [0.5, 0.6) is 0 Å². The lowest BCUT2D eigenvalue weighted by atomic mass is 10.1. The molecule has 104 valence electrons. The molecule has 2 atom stereocenters. The second-order valence-corrected chi connectivity index (χ2v) is 7.65. The Morgan fingerprint density at radius 1 is 1.40 bits per heavy atom. The summed E-state index contributed by atoms with van der Waals surface area (Å²) in [4.78, 5) is 15.5. The molecule has 3 nitrogen and oxygen atoms in total. The van der Waals surface area contributed by atoms with E-state index in [9.17, 15) is 4.79 Å². The smallest absolute Gasteiger partial charge is 0.266 e. The van der Waals surface area contributed by atoms with Gasteiger partial charge < -0.3 is 10.6 Å². The van der Waals surface area contributed by atoms with Crippen molar-refractivity contribution >= 4 is 48.9 Å². The summed E-state index contributed by atoms with van der Waals surface area (Å²) >= 11 is 5.04. The minimum absolute atomic E-state index is 0.128. The molecular weight excluding hydrogens is 336 g/mol. The van der Waals surface area contributed by atoms with Gasteiger partial charge in [-0.15, -0.1) is 11.3 Å². The fraction of sp³-hybridized carbons (Fsp3) is 0.400. The number of likely N-dealkylation sites (tertiary alicyclic amines) is 1. The lowest BCUT2D eigenvalue weighted by Gasteiger charge is -2.26. The van der Waals surface area contributed by atoms with Gasteiger partial charge in [0.05, 0.1) is 5.69 Å². The van der Waals surface area contributed by atoms with Gasteiger partial charge in [-0.3, -0.25) is 4.79 Å². The van der Waals surface area contributed by atoms with Gasteiger partial charge in [-0.05, 0) is 37.3 Å². The lowest BCUT2D eigenvalue weighted by molar-refractivity contribution is 0.0709. The summed E-state index contributed by atoms with van der Waals surface area (Å²) in [5.41, 5.74) is 6.87. The third-order valence-corrected chi connectivity index (χ3v) is 6.39. The van der Waals surface area contributed by atoms with Crippen molar-refractivity contribution in [3.8, 4) is 0 Å². The Bertz CT molecular complexity index is 711. The highest BCUT2D eigenvalue weighted by molar-refractivity contribution is 9.10. The van der Waals surface area contributed by atoms with Crippen molar-refractivity contribution in [2.75, 3.05) is 12.3 Å². The van der Waals surface area contributed by atoms with E-state index in [4.69, 9.17) is 5.73 Å². The molecule has 20 heavy (non-hydrogen) atoms. The molecule has 1 aliphatic carbocycles. The second kappa shape index (κ2) is 4.46. The van der Waals surface area contributed by atoms with Crippen LogP contribution in [0.3, 0.4) is 0 Å². The number of carbonyl (C=O) groups excluding carboxylic acids is 1. The van der Waals surface area contributed by atoms with Gasteiger partial charge in [-0.2, -0.15) is 0 Å². The first-order valence-electron chi connectivity index (χ1n) is 6.92. The number of amides is 1. The van der Waals surface area contributed by atoms with Crippen LogP contribution in [0.1, 0.15) is 28.9 Å². The number of nitrogen functional groups attached to an aromatic ring is 1. The first-order chi connectivity index (χ1) is 9.65. The Morgan fingerprint density at radius 2 is 2.25 bits per heavy atom. The van der Waals surface area contributed by atoms with Crippen LogP contribution in [0.15, 0.2) is 22.7 Å². The monoisotopic (exact) mass is 350 g/mol. The highest BCUT2D eigenvalue weighted by atomic mass is 79.9. The lowest BCUT2D eigenvalue weighted by Crippen LogP contribution is -2.37. The van der Waals surface area contributed by atoms with E-state index in [2.05, 4.69) is 15.9 Å². The number of benzene rings is 1. The maximum Gasteiger partial charge on any atom is 0.266 e. The van der Waals surface area contributed by atoms with Gasteiger partial charge in [0.15, 0.2) is 0 Å². The van der Waals surface area contributed by atoms with Crippen molar-refractivity contribution in [1.82, 2.24) is 4.90 Å². The normalized spacial score (nSPS) is 24.8. The van der Waals surface area contributed by atoms with Crippen LogP contribution in [0.2, 0.25) is 0 Å². The topological polar surface area (TPSA) is 46.3 Å². The van der Waals surface area contributed by atoms with Gasteiger partial charge in [-0.25, -0.2) is 0 Å². The molecule has 2 unspecified atom stereocenters. The molecule has 2 aromatic rings. The largest absolute Gasteiger partial charge is 0.397 e. The highest BCUT2D eigenvalue weighted by Gasteiger charge is 2.41. The van der Waals surface area contributed by atoms with Crippen molar-refractivity contribution in [2.24, 2.45) is 5.92 Å². The molecule has 1 saturated carbocycles. The second-order valence-electron chi connectivity index (χ2n) is 5.75. The van der Waals surface area contributed by atoms with Crippen LogP contribution in [0.25, 0.3) is 10.1 Å². The molecule has 0 radical (unpaired) electrons. The van der Waals surface area contributed by atoms with Gasteiger partial charge >= 0.3 is 0 Å². The van der Waals surface area contributed by atoms with Crippen molar-refractivity contribution in [1.29, 1.82) is 0 Å². The van der Waals surface area contributed by atoms with E-state index in [0.29, 0.717) is 22.5 Å². The molecule has 1 amide bonds. The number of piperidine rings is 1. The van der Waals surface area contributed by atoms with E-state index in [-0.39, 0.29) is 5.91 Å². The minimum Gasteiger partial charge on any atom is -0.397 e. The van der Waals surface area contributed by atoms with E-state index >= 15 is 0 Å². The van der Waals surface area contributed by atoms with E-state index in [1.165, 1.54) is 24.2 Å². The number of rotatable bonds is 1. The van der Waals surface area contributed by atoms with Crippen LogP contribution in [-0.2, 0) is 0 Å². The fourth-order valence-corrected chi connectivity index (χ4v) is 5.41. The molecule has 2 heterocycles. The van der Waals surface area contributed by atoms with Crippen LogP contribution in [0.4, 0.5) is 5.69 Å². The number of hydrogen-bond acceptors (Lipinski definition) is 3. The Hall–Kier alpha value is -1.07. The van der Waals surface area contributed by atoms with E-state index in [0.717, 1.165) is 27.5 Å². The quantitative estimate of drug-likeness (QED) is 0.848. The number of anilines is 1. The number of halogens is 1. The molecule has 4 rings (SSSR count). The summed E-state index contributed by atoms with van der Waals surface area (Å²) in [6.07, 6.45) is 3.62. The first-order valence-corrected chi connectivity index (χ1v) is 8.53. The third kappa shape index (κ3) is 1.72. The zero-order valence-electron chi connectivity index (χ0n) is 10.9. The number of carbonyl (C=O) groups is 1. The van der Waals surface area contributed by atoms with E-state index < -0.39 is 0 Å². The number of nitrogens with zero attached hydrogens (tertiary/aromatic N) is 1. The molecule has 1 aliphatic heterocycles. The summed E-state index contributed by atoms with van der Waals surface area (Å²) in [5.74, 6) is 0.842. The van der Waals surface area contributed by atoms with E-state index in [1.54, 1.807) is 0 Å². The predicted octanol–water partition coefficient (Wildman–Crippen LogP) is 3.87. The van der Waals surface area contributed by atoms with Crippen LogP contribution in [-0.4, -0.2) is 23.4 Å². The Kier molecular flexibility index (Phi) is 2.82. The minimum atomic E-state index is 0.128. The van der Waals surface area contributed by atoms with Crippen molar-refractivity contribution < 1.29 is 4.79 Å².